The summed E-state index contributed by atoms with van der Waals surface area (Å²) >= 11 is 0. The first kappa shape index (κ1) is 17.0. The van der Waals surface area contributed by atoms with Crippen LogP contribution in [-0.4, -0.2) is 19.9 Å². The zero-order valence-electron chi connectivity index (χ0n) is 16.5. The standard InChI is InChI=1S/C26H18N4/c1-2-16-7-9-17(10-8-16)18-11-12-21-22(15-18)30-26-20-6-4-14-28-24(20)23-19(25(26)29-21)5-3-13-27-23/h3-15H,2H2,1H3. The van der Waals surface area contributed by atoms with Gasteiger partial charge in [-0.2, -0.15) is 0 Å². The van der Waals surface area contributed by atoms with E-state index in [-0.39, 0.29) is 0 Å². The lowest BCUT2D eigenvalue weighted by Crippen LogP contribution is -1.94. The lowest BCUT2D eigenvalue weighted by atomic mass is 10.0. The Labute approximate surface area is 173 Å². The van der Waals surface area contributed by atoms with Gasteiger partial charge in [0.1, 0.15) is 0 Å². The summed E-state index contributed by atoms with van der Waals surface area (Å²) in [4.78, 5) is 19.2. The molecule has 142 valence electrons. The Kier molecular flexibility index (Phi) is 3.71. The molecule has 0 radical (unpaired) electrons. The van der Waals surface area contributed by atoms with E-state index in [1.807, 2.05) is 24.3 Å². The Bertz CT molecular complexity index is 1570. The summed E-state index contributed by atoms with van der Waals surface area (Å²) in [5.41, 5.74) is 8.88. The SMILES string of the molecule is CCc1ccc(-c2ccc3nc4c5cccnc5c5ncccc5c4nc3c2)cc1. The van der Waals surface area contributed by atoms with E-state index in [0.29, 0.717) is 0 Å². The molecular formula is C26H18N4. The van der Waals surface area contributed by atoms with E-state index in [2.05, 4.69) is 59.4 Å². The molecule has 6 rings (SSSR count). The minimum Gasteiger partial charge on any atom is -0.254 e. The van der Waals surface area contributed by atoms with Crippen LogP contribution in [0.3, 0.4) is 0 Å². The van der Waals surface area contributed by atoms with E-state index >= 15 is 0 Å². The van der Waals surface area contributed by atoms with Gasteiger partial charge in [-0.1, -0.05) is 37.3 Å². The van der Waals surface area contributed by atoms with Crippen LogP contribution in [0.1, 0.15) is 12.5 Å². The maximum Gasteiger partial charge on any atom is 0.0996 e. The molecule has 0 bridgehead atoms. The normalized spacial score (nSPS) is 11.6. The van der Waals surface area contributed by atoms with Crippen molar-refractivity contribution in [3.8, 4) is 11.1 Å². The van der Waals surface area contributed by atoms with Crippen molar-refractivity contribution in [2.45, 2.75) is 13.3 Å². The summed E-state index contributed by atoms with van der Waals surface area (Å²) in [7, 11) is 0. The van der Waals surface area contributed by atoms with E-state index in [1.165, 1.54) is 11.1 Å². The lowest BCUT2D eigenvalue weighted by molar-refractivity contribution is 1.14. The first-order chi connectivity index (χ1) is 14.8. The third-order valence-corrected chi connectivity index (χ3v) is 5.71. The van der Waals surface area contributed by atoms with Crippen molar-refractivity contribution in [1.29, 1.82) is 0 Å². The molecule has 30 heavy (non-hydrogen) atoms. The number of benzene rings is 3. The summed E-state index contributed by atoms with van der Waals surface area (Å²) in [6.07, 6.45) is 4.64. The average molecular weight is 386 g/mol. The number of rotatable bonds is 2. The Balaban J connectivity index is 1.66. The molecule has 0 unspecified atom stereocenters. The highest BCUT2D eigenvalue weighted by Gasteiger charge is 2.14. The van der Waals surface area contributed by atoms with Gasteiger partial charge in [0, 0.05) is 23.2 Å². The van der Waals surface area contributed by atoms with Crippen molar-refractivity contribution in [2.24, 2.45) is 0 Å². The van der Waals surface area contributed by atoms with Crippen LogP contribution in [0.15, 0.2) is 79.1 Å². The van der Waals surface area contributed by atoms with Gasteiger partial charge in [-0.05, 0) is 59.5 Å². The van der Waals surface area contributed by atoms with Gasteiger partial charge in [0.25, 0.3) is 0 Å². The van der Waals surface area contributed by atoms with Crippen LogP contribution in [0.2, 0.25) is 0 Å². The summed E-state index contributed by atoms with van der Waals surface area (Å²) in [6, 6.07) is 23.0. The van der Waals surface area contributed by atoms with E-state index in [4.69, 9.17) is 9.97 Å². The Hall–Kier alpha value is -3.92. The first-order valence-corrected chi connectivity index (χ1v) is 10.1. The highest BCUT2D eigenvalue weighted by molar-refractivity contribution is 6.21. The predicted molar refractivity (Wildman–Crippen MR) is 122 cm³/mol. The van der Waals surface area contributed by atoms with Crippen LogP contribution in [-0.2, 0) is 6.42 Å². The second-order valence-electron chi connectivity index (χ2n) is 7.47. The zero-order valence-corrected chi connectivity index (χ0v) is 16.5. The summed E-state index contributed by atoms with van der Waals surface area (Å²) in [5.74, 6) is 0. The van der Waals surface area contributed by atoms with Crippen molar-refractivity contribution in [2.75, 3.05) is 0 Å². The van der Waals surface area contributed by atoms with Crippen LogP contribution in [0.25, 0.3) is 55.0 Å². The molecule has 0 saturated heterocycles. The molecule has 4 heteroatoms. The quantitative estimate of drug-likeness (QED) is 0.266. The second-order valence-corrected chi connectivity index (χ2v) is 7.47. The summed E-state index contributed by atoms with van der Waals surface area (Å²) < 4.78 is 0. The highest BCUT2D eigenvalue weighted by Crippen LogP contribution is 2.32. The number of aromatic nitrogens is 4. The topological polar surface area (TPSA) is 51.6 Å². The Morgan fingerprint density at radius 3 is 1.83 bits per heavy atom. The molecule has 4 nitrogen and oxygen atoms in total. The third kappa shape index (κ3) is 2.54. The van der Waals surface area contributed by atoms with Crippen LogP contribution < -0.4 is 0 Å². The van der Waals surface area contributed by atoms with Crippen LogP contribution >= 0.6 is 0 Å². The lowest BCUT2D eigenvalue weighted by Gasteiger charge is -2.10. The fraction of sp³-hybridized carbons (Fsp3) is 0.0769. The molecule has 0 fully saturated rings. The minimum absolute atomic E-state index is 0.862. The molecule has 0 aliphatic carbocycles. The Morgan fingerprint density at radius 2 is 1.20 bits per heavy atom. The van der Waals surface area contributed by atoms with E-state index in [0.717, 1.165) is 55.9 Å². The minimum atomic E-state index is 0.862. The summed E-state index contributed by atoms with van der Waals surface area (Å²) in [5, 5.41) is 1.96. The van der Waals surface area contributed by atoms with Gasteiger partial charge in [-0.25, -0.2) is 9.97 Å². The number of hydrogen-bond acceptors (Lipinski definition) is 4. The molecule has 0 N–H and O–H groups in total. The number of aryl methyl sites for hydroxylation is 1. The third-order valence-electron chi connectivity index (χ3n) is 5.71. The number of hydrogen-bond donors (Lipinski definition) is 0. The molecule has 3 aromatic carbocycles. The molecule has 6 aromatic rings. The molecule has 3 aromatic heterocycles. The largest absolute Gasteiger partial charge is 0.254 e. The highest BCUT2D eigenvalue weighted by atomic mass is 14.8. The van der Waals surface area contributed by atoms with E-state index in [1.54, 1.807) is 12.4 Å². The number of nitrogens with zero attached hydrogens (tertiary/aromatic N) is 4. The van der Waals surface area contributed by atoms with Crippen molar-refractivity contribution >= 4 is 43.9 Å². The van der Waals surface area contributed by atoms with Crippen LogP contribution in [0.5, 0.6) is 0 Å². The molecule has 0 aliphatic heterocycles. The van der Waals surface area contributed by atoms with Crippen LogP contribution in [0.4, 0.5) is 0 Å². The Morgan fingerprint density at radius 1 is 0.600 bits per heavy atom. The average Bonchev–Trinajstić information content (AvgIpc) is 2.83. The summed E-state index contributed by atoms with van der Waals surface area (Å²) in [6.45, 7) is 2.17. The molecule has 0 atom stereocenters. The van der Waals surface area contributed by atoms with Crippen molar-refractivity contribution in [1.82, 2.24) is 19.9 Å². The molecule has 0 aliphatic rings. The van der Waals surface area contributed by atoms with Gasteiger partial charge < -0.3 is 0 Å². The van der Waals surface area contributed by atoms with Gasteiger partial charge in [0.15, 0.2) is 0 Å². The van der Waals surface area contributed by atoms with Gasteiger partial charge in [0.05, 0.1) is 33.1 Å². The zero-order chi connectivity index (χ0) is 20.1. The molecule has 0 amide bonds. The van der Waals surface area contributed by atoms with Crippen molar-refractivity contribution < 1.29 is 0 Å². The van der Waals surface area contributed by atoms with Crippen LogP contribution in [0, 0.1) is 0 Å². The van der Waals surface area contributed by atoms with E-state index < -0.39 is 0 Å². The monoisotopic (exact) mass is 386 g/mol. The van der Waals surface area contributed by atoms with Gasteiger partial charge in [-0.15, -0.1) is 0 Å². The number of fused-ring (bicyclic) bond motifs is 7. The molecular weight excluding hydrogens is 368 g/mol. The second kappa shape index (κ2) is 6.56. The van der Waals surface area contributed by atoms with Gasteiger partial charge in [0.2, 0.25) is 0 Å². The van der Waals surface area contributed by atoms with Gasteiger partial charge in [-0.3, -0.25) is 9.97 Å². The fourth-order valence-electron chi connectivity index (χ4n) is 4.11. The smallest absolute Gasteiger partial charge is 0.0996 e. The maximum absolute atomic E-state index is 5.05. The predicted octanol–water partition coefficient (Wildman–Crippen LogP) is 6.11. The van der Waals surface area contributed by atoms with Crippen molar-refractivity contribution in [3.05, 3.63) is 84.7 Å². The first-order valence-electron chi connectivity index (χ1n) is 10.1. The number of pyridine rings is 2. The fourth-order valence-corrected chi connectivity index (χ4v) is 4.11. The molecule has 0 saturated carbocycles. The molecule has 0 spiro atoms. The van der Waals surface area contributed by atoms with E-state index in [9.17, 15) is 0 Å². The van der Waals surface area contributed by atoms with Gasteiger partial charge >= 0.3 is 0 Å². The van der Waals surface area contributed by atoms with Crippen molar-refractivity contribution in [3.63, 3.8) is 0 Å². The molecule has 3 heterocycles. The maximum atomic E-state index is 5.05.